The molecule has 3 rings (SSSR count). The van der Waals surface area contributed by atoms with E-state index in [-0.39, 0.29) is 6.04 Å². The number of rotatable bonds is 11. The standard InChI is InChI=1S/C23H35N7O2/c1-4-10-24-23(25-11-12-30-18-27-28-22(30)5-2)26-17-21(29-13-15-32-16-14-29)19-6-8-20(31-3)9-7-19/h4,6-9,18,21H,1,5,10-17H2,2-3H3,(H2,24,25,26). The van der Waals surface area contributed by atoms with Crippen LogP contribution in [0.25, 0.3) is 0 Å². The number of hydrogen-bond acceptors (Lipinski definition) is 6. The van der Waals surface area contributed by atoms with Gasteiger partial charge >= 0.3 is 0 Å². The highest BCUT2D eigenvalue weighted by molar-refractivity contribution is 5.79. The Bertz CT molecular complexity index is 844. The smallest absolute Gasteiger partial charge is 0.191 e. The Morgan fingerprint density at radius 1 is 1.28 bits per heavy atom. The number of methoxy groups -OCH3 is 1. The molecule has 0 amide bonds. The SMILES string of the molecule is C=CCNC(=NCC(c1ccc(OC)cc1)N1CCOCC1)NCCn1cnnc1CC. The molecule has 2 heterocycles. The van der Waals surface area contributed by atoms with Gasteiger partial charge in [0.2, 0.25) is 0 Å². The molecule has 1 aromatic carbocycles. The highest BCUT2D eigenvalue weighted by atomic mass is 16.5. The Balaban J connectivity index is 1.69. The minimum Gasteiger partial charge on any atom is -0.497 e. The summed E-state index contributed by atoms with van der Waals surface area (Å²) >= 11 is 0. The fourth-order valence-electron chi connectivity index (χ4n) is 3.70. The number of ether oxygens (including phenoxy) is 2. The van der Waals surface area contributed by atoms with Gasteiger partial charge in [0.05, 0.1) is 32.9 Å². The summed E-state index contributed by atoms with van der Waals surface area (Å²) in [4.78, 5) is 7.34. The molecule has 1 fully saturated rings. The van der Waals surface area contributed by atoms with Gasteiger partial charge in [-0.3, -0.25) is 9.89 Å². The molecule has 1 aliphatic rings. The first-order valence-electron chi connectivity index (χ1n) is 11.2. The van der Waals surface area contributed by atoms with Crippen LogP contribution in [0.3, 0.4) is 0 Å². The van der Waals surface area contributed by atoms with E-state index in [0.29, 0.717) is 13.1 Å². The van der Waals surface area contributed by atoms with Crippen molar-refractivity contribution >= 4 is 5.96 Å². The molecule has 174 valence electrons. The fraction of sp³-hybridized carbons (Fsp3) is 0.522. The second kappa shape index (κ2) is 12.8. The maximum absolute atomic E-state index is 5.56. The van der Waals surface area contributed by atoms with E-state index in [1.54, 1.807) is 13.4 Å². The fourth-order valence-corrected chi connectivity index (χ4v) is 3.70. The van der Waals surface area contributed by atoms with Crippen molar-refractivity contribution in [1.29, 1.82) is 0 Å². The minimum absolute atomic E-state index is 0.164. The maximum atomic E-state index is 5.56. The van der Waals surface area contributed by atoms with Gasteiger partial charge in [-0.25, -0.2) is 0 Å². The monoisotopic (exact) mass is 441 g/mol. The normalized spacial score (nSPS) is 15.9. The van der Waals surface area contributed by atoms with Crippen molar-refractivity contribution in [2.45, 2.75) is 25.9 Å². The Kier molecular flexibility index (Phi) is 9.52. The number of nitrogens with zero attached hydrogens (tertiary/aromatic N) is 5. The van der Waals surface area contributed by atoms with Crippen LogP contribution in [0.1, 0.15) is 24.4 Å². The van der Waals surface area contributed by atoms with E-state index in [1.165, 1.54) is 5.56 Å². The molecule has 1 aliphatic heterocycles. The molecule has 0 radical (unpaired) electrons. The molecular weight excluding hydrogens is 406 g/mol. The van der Waals surface area contributed by atoms with Crippen LogP contribution in [0.5, 0.6) is 5.75 Å². The van der Waals surface area contributed by atoms with Crippen LogP contribution in [0.15, 0.2) is 48.2 Å². The molecule has 1 atom stereocenters. The number of aryl methyl sites for hydroxylation is 1. The van der Waals surface area contributed by atoms with Gasteiger partial charge in [-0.15, -0.1) is 16.8 Å². The Labute approximate surface area is 190 Å². The summed E-state index contributed by atoms with van der Waals surface area (Å²) in [5.74, 6) is 2.60. The summed E-state index contributed by atoms with van der Waals surface area (Å²) in [6.07, 6.45) is 4.46. The predicted octanol–water partition coefficient (Wildman–Crippen LogP) is 1.64. The molecule has 9 heteroatoms. The number of benzene rings is 1. The summed E-state index contributed by atoms with van der Waals surface area (Å²) in [5, 5.41) is 14.9. The third kappa shape index (κ3) is 6.80. The molecule has 2 N–H and O–H groups in total. The Morgan fingerprint density at radius 3 is 2.75 bits per heavy atom. The van der Waals surface area contributed by atoms with Crippen LogP contribution in [0, 0.1) is 0 Å². The number of nitrogens with one attached hydrogen (secondary N) is 2. The second-order valence-electron chi connectivity index (χ2n) is 7.52. The van der Waals surface area contributed by atoms with Gasteiger partial charge in [-0.1, -0.05) is 25.1 Å². The molecular formula is C23H35N7O2. The summed E-state index contributed by atoms with van der Waals surface area (Å²) in [6, 6.07) is 8.42. The quantitative estimate of drug-likeness (QED) is 0.311. The maximum Gasteiger partial charge on any atom is 0.191 e. The second-order valence-corrected chi connectivity index (χ2v) is 7.52. The van der Waals surface area contributed by atoms with E-state index in [9.17, 15) is 0 Å². The van der Waals surface area contributed by atoms with Gasteiger partial charge < -0.3 is 24.7 Å². The summed E-state index contributed by atoms with van der Waals surface area (Å²) in [6.45, 7) is 11.9. The Hall–Kier alpha value is -2.91. The number of aliphatic imine (C=N–C) groups is 1. The third-order valence-electron chi connectivity index (χ3n) is 5.48. The van der Waals surface area contributed by atoms with Gasteiger partial charge in [-0.2, -0.15) is 0 Å². The third-order valence-corrected chi connectivity index (χ3v) is 5.48. The van der Waals surface area contributed by atoms with Crippen molar-refractivity contribution in [2.24, 2.45) is 4.99 Å². The predicted molar refractivity (Wildman–Crippen MR) is 126 cm³/mol. The first-order valence-corrected chi connectivity index (χ1v) is 11.2. The van der Waals surface area contributed by atoms with E-state index in [0.717, 1.165) is 63.3 Å². The van der Waals surface area contributed by atoms with E-state index in [1.807, 2.05) is 18.2 Å². The minimum atomic E-state index is 0.164. The van der Waals surface area contributed by atoms with Crippen molar-refractivity contribution in [3.8, 4) is 5.75 Å². The van der Waals surface area contributed by atoms with Crippen LogP contribution < -0.4 is 15.4 Å². The van der Waals surface area contributed by atoms with E-state index in [4.69, 9.17) is 14.5 Å². The zero-order chi connectivity index (χ0) is 22.6. The van der Waals surface area contributed by atoms with Gasteiger partial charge in [0, 0.05) is 39.1 Å². The number of aromatic nitrogens is 3. The van der Waals surface area contributed by atoms with Crippen LogP contribution in [0.2, 0.25) is 0 Å². The van der Waals surface area contributed by atoms with Crippen molar-refractivity contribution in [3.05, 3.63) is 54.6 Å². The zero-order valence-electron chi connectivity index (χ0n) is 19.2. The zero-order valence-corrected chi connectivity index (χ0v) is 19.2. The van der Waals surface area contributed by atoms with Crippen LogP contribution in [0.4, 0.5) is 0 Å². The molecule has 32 heavy (non-hydrogen) atoms. The van der Waals surface area contributed by atoms with Crippen molar-refractivity contribution < 1.29 is 9.47 Å². The molecule has 9 nitrogen and oxygen atoms in total. The van der Waals surface area contributed by atoms with Crippen molar-refractivity contribution in [1.82, 2.24) is 30.3 Å². The van der Waals surface area contributed by atoms with Gasteiger partial charge in [0.25, 0.3) is 0 Å². The average molecular weight is 442 g/mol. The summed E-state index contributed by atoms with van der Waals surface area (Å²) < 4.78 is 13.0. The van der Waals surface area contributed by atoms with Crippen LogP contribution in [-0.4, -0.2) is 78.7 Å². The van der Waals surface area contributed by atoms with Crippen LogP contribution in [-0.2, 0) is 17.7 Å². The summed E-state index contributed by atoms with van der Waals surface area (Å²) in [5.41, 5.74) is 1.22. The summed E-state index contributed by atoms with van der Waals surface area (Å²) in [7, 11) is 1.69. The van der Waals surface area contributed by atoms with Crippen LogP contribution >= 0.6 is 0 Å². The number of morpholine rings is 1. The van der Waals surface area contributed by atoms with Crippen molar-refractivity contribution in [2.75, 3.05) is 53.0 Å². The molecule has 0 bridgehead atoms. The molecule has 0 aliphatic carbocycles. The lowest BCUT2D eigenvalue weighted by Crippen LogP contribution is -2.42. The molecule has 1 saturated heterocycles. The first-order chi connectivity index (χ1) is 15.7. The lowest BCUT2D eigenvalue weighted by Gasteiger charge is -2.34. The lowest BCUT2D eigenvalue weighted by atomic mass is 10.0. The first kappa shape index (κ1) is 23.7. The molecule has 0 saturated carbocycles. The number of guanidine groups is 1. The topological polar surface area (TPSA) is 88.8 Å². The van der Waals surface area contributed by atoms with E-state index < -0.39 is 0 Å². The molecule has 1 aromatic heterocycles. The van der Waals surface area contributed by atoms with Gasteiger partial charge in [0.1, 0.15) is 17.9 Å². The van der Waals surface area contributed by atoms with E-state index >= 15 is 0 Å². The highest BCUT2D eigenvalue weighted by Crippen LogP contribution is 2.24. The van der Waals surface area contributed by atoms with Gasteiger partial charge in [-0.05, 0) is 17.7 Å². The Morgan fingerprint density at radius 2 is 2.06 bits per heavy atom. The van der Waals surface area contributed by atoms with E-state index in [2.05, 4.69) is 55.9 Å². The lowest BCUT2D eigenvalue weighted by molar-refractivity contribution is 0.0179. The number of hydrogen-bond donors (Lipinski definition) is 2. The molecule has 2 aromatic rings. The van der Waals surface area contributed by atoms with Crippen molar-refractivity contribution in [3.63, 3.8) is 0 Å². The highest BCUT2D eigenvalue weighted by Gasteiger charge is 2.22. The van der Waals surface area contributed by atoms with Gasteiger partial charge in [0.15, 0.2) is 5.96 Å². The largest absolute Gasteiger partial charge is 0.497 e. The molecule has 1 unspecified atom stereocenters. The molecule has 0 spiro atoms. The average Bonchev–Trinajstić information content (AvgIpc) is 3.30.